The van der Waals surface area contributed by atoms with E-state index in [0.29, 0.717) is 6.42 Å². The fraction of sp³-hybridized carbons (Fsp3) is 0.529. The fourth-order valence-corrected chi connectivity index (χ4v) is 2.56. The zero-order valence-corrected chi connectivity index (χ0v) is 13.7. The lowest BCUT2D eigenvalue weighted by Crippen LogP contribution is -2.44. The Kier molecular flexibility index (Phi) is 5.26. The van der Waals surface area contributed by atoms with Gasteiger partial charge >= 0.3 is 12.1 Å². The summed E-state index contributed by atoms with van der Waals surface area (Å²) < 4.78 is 10.9. The predicted octanol–water partition coefficient (Wildman–Crippen LogP) is 2.67. The van der Waals surface area contributed by atoms with E-state index in [9.17, 15) is 9.59 Å². The van der Waals surface area contributed by atoms with Crippen LogP contribution in [-0.2, 0) is 20.7 Å². The zero-order chi connectivity index (χ0) is 17.0. The van der Waals surface area contributed by atoms with Crippen molar-refractivity contribution in [2.24, 2.45) is 0 Å². The number of hydrogen-bond donors (Lipinski definition) is 1. The van der Waals surface area contributed by atoms with Crippen LogP contribution in [0.15, 0.2) is 30.3 Å². The topological polar surface area (TPSA) is 76.1 Å². The van der Waals surface area contributed by atoms with Gasteiger partial charge in [-0.1, -0.05) is 30.3 Å². The minimum absolute atomic E-state index is 0.0460. The van der Waals surface area contributed by atoms with Crippen LogP contribution in [0.4, 0.5) is 4.79 Å². The Hall–Kier alpha value is -2.08. The Morgan fingerprint density at radius 2 is 1.96 bits per heavy atom. The van der Waals surface area contributed by atoms with E-state index >= 15 is 0 Å². The van der Waals surface area contributed by atoms with Gasteiger partial charge in [0.25, 0.3) is 0 Å². The summed E-state index contributed by atoms with van der Waals surface area (Å²) in [4.78, 5) is 24.9. The Bertz CT molecular complexity index is 552. The van der Waals surface area contributed by atoms with E-state index in [1.165, 1.54) is 4.90 Å². The second-order valence-corrected chi connectivity index (χ2v) is 6.64. The molecule has 0 saturated carbocycles. The normalized spacial score (nSPS) is 21.3. The number of carboxylic acid groups (broad SMARTS) is 1. The molecule has 1 saturated heterocycles. The van der Waals surface area contributed by atoms with Crippen LogP contribution in [0.25, 0.3) is 0 Å². The standard InChI is InChI=1S/C17H23NO5/c1-17(2,3)23-16(21)18-11-22-14(10-15(19)20)13(18)9-12-7-5-4-6-8-12/h4-8,13-14H,9-11H2,1-3H3,(H,19,20)/t13-,14+/m0/s1. The smallest absolute Gasteiger partial charge is 0.412 e. The third-order valence-corrected chi connectivity index (χ3v) is 3.55. The van der Waals surface area contributed by atoms with E-state index in [2.05, 4.69) is 0 Å². The van der Waals surface area contributed by atoms with Crippen LogP contribution in [0.3, 0.4) is 0 Å². The van der Waals surface area contributed by atoms with Crippen LogP contribution in [0.2, 0.25) is 0 Å². The van der Waals surface area contributed by atoms with Crippen molar-refractivity contribution in [3.63, 3.8) is 0 Å². The van der Waals surface area contributed by atoms with Crippen molar-refractivity contribution in [2.75, 3.05) is 6.73 Å². The number of amides is 1. The van der Waals surface area contributed by atoms with Gasteiger partial charge in [-0.15, -0.1) is 0 Å². The van der Waals surface area contributed by atoms with Gasteiger partial charge in [-0.2, -0.15) is 0 Å². The van der Waals surface area contributed by atoms with Crippen molar-refractivity contribution >= 4 is 12.1 Å². The van der Waals surface area contributed by atoms with Gasteiger partial charge in [0.2, 0.25) is 0 Å². The number of benzene rings is 1. The number of carbonyl (C=O) groups is 2. The summed E-state index contributed by atoms with van der Waals surface area (Å²) in [6.07, 6.45) is -0.638. The maximum Gasteiger partial charge on any atom is 0.412 e. The summed E-state index contributed by atoms with van der Waals surface area (Å²) in [6, 6.07) is 9.27. The molecule has 0 aliphatic carbocycles. The molecule has 1 heterocycles. The second kappa shape index (κ2) is 7.00. The van der Waals surface area contributed by atoms with E-state index in [0.717, 1.165) is 5.56 Å². The van der Waals surface area contributed by atoms with Gasteiger partial charge in [0.05, 0.1) is 18.6 Å². The van der Waals surface area contributed by atoms with Crippen LogP contribution in [-0.4, -0.2) is 46.5 Å². The van der Waals surface area contributed by atoms with Crippen molar-refractivity contribution < 1.29 is 24.2 Å². The molecule has 6 nitrogen and oxygen atoms in total. The molecule has 126 valence electrons. The molecule has 23 heavy (non-hydrogen) atoms. The molecular weight excluding hydrogens is 298 g/mol. The van der Waals surface area contributed by atoms with Crippen molar-refractivity contribution in [1.29, 1.82) is 0 Å². The van der Waals surface area contributed by atoms with Gasteiger partial charge in [0.1, 0.15) is 12.3 Å². The van der Waals surface area contributed by atoms with Crippen LogP contribution in [0.1, 0.15) is 32.8 Å². The molecule has 0 radical (unpaired) electrons. The molecule has 2 atom stereocenters. The molecule has 1 aromatic rings. The molecule has 0 unspecified atom stereocenters. The zero-order valence-electron chi connectivity index (χ0n) is 13.7. The van der Waals surface area contributed by atoms with Gasteiger partial charge < -0.3 is 14.6 Å². The fourth-order valence-electron chi connectivity index (χ4n) is 2.56. The Labute approximate surface area is 136 Å². The average molecular weight is 321 g/mol. The number of aliphatic carboxylic acids is 1. The molecule has 6 heteroatoms. The molecule has 0 aromatic heterocycles. The monoisotopic (exact) mass is 321 g/mol. The van der Waals surface area contributed by atoms with Gasteiger partial charge in [0, 0.05) is 0 Å². The summed E-state index contributed by atoms with van der Waals surface area (Å²) in [6.45, 7) is 5.43. The van der Waals surface area contributed by atoms with E-state index in [4.69, 9.17) is 14.6 Å². The Morgan fingerprint density at radius 3 is 2.52 bits per heavy atom. The minimum atomic E-state index is -0.945. The molecule has 1 aromatic carbocycles. The van der Waals surface area contributed by atoms with Crippen LogP contribution in [0.5, 0.6) is 0 Å². The number of ether oxygens (including phenoxy) is 2. The first-order valence-corrected chi connectivity index (χ1v) is 7.63. The molecule has 1 fully saturated rings. The SMILES string of the molecule is CC(C)(C)OC(=O)N1CO[C@H](CC(=O)O)[C@@H]1Cc1ccccc1. The molecule has 1 N–H and O–H groups in total. The van der Waals surface area contributed by atoms with Gasteiger partial charge in [-0.3, -0.25) is 9.69 Å². The number of carbonyl (C=O) groups excluding carboxylic acids is 1. The van der Waals surface area contributed by atoms with E-state index in [1.54, 1.807) is 20.8 Å². The third-order valence-electron chi connectivity index (χ3n) is 3.55. The Balaban J connectivity index is 2.16. The van der Waals surface area contributed by atoms with E-state index in [-0.39, 0.29) is 19.2 Å². The maximum absolute atomic E-state index is 12.4. The van der Waals surface area contributed by atoms with Crippen LogP contribution >= 0.6 is 0 Å². The largest absolute Gasteiger partial charge is 0.481 e. The molecule has 1 aliphatic heterocycles. The quantitative estimate of drug-likeness (QED) is 0.922. The number of rotatable bonds is 4. The number of nitrogens with zero attached hydrogens (tertiary/aromatic N) is 1. The van der Waals surface area contributed by atoms with Crippen molar-refractivity contribution in [1.82, 2.24) is 4.90 Å². The number of carboxylic acids is 1. The van der Waals surface area contributed by atoms with Crippen molar-refractivity contribution in [2.45, 2.75) is 51.4 Å². The molecule has 1 amide bonds. The summed E-state index contributed by atoms with van der Waals surface area (Å²) in [5.74, 6) is -0.945. The highest BCUT2D eigenvalue weighted by Crippen LogP contribution is 2.25. The molecule has 0 spiro atoms. The van der Waals surface area contributed by atoms with E-state index < -0.39 is 23.8 Å². The first kappa shape index (κ1) is 17.3. The Morgan fingerprint density at radius 1 is 1.30 bits per heavy atom. The minimum Gasteiger partial charge on any atom is -0.481 e. The molecular formula is C17H23NO5. The summed E-state index contributed by atoms with van der Waals surface area (Å²) in [5.41, 5.74) is 0.408. The molecule has 0 bridgehead atoms. The van der Waals surface area contributed by atoms with Gasteiger partial charge in [-0.05, 0) is 32.8 Å². The third kappa shape index (κ3) is 4.96. The predicted molar refractivity (Wildman–Crippen MR) is 84.0 cm³/mol. The summed E-state index contributed by atoms with van der Waals surface area (Å²) in [5, 5.41) is 9.05. The van der Waals surface area contributed by atoms with Crippen LogP contribution < -0.4 is 0 Å². The first-order chi connectivity index (χ1) is 10.8. The molecule has 1 aliphatic rings. The lowest BCUT2D eigenvalue weighted by atomic mass is 9.99. The average Bonchev–Trinajstić information content (AvgIpc) is 2.80. The summed E-state index contributed by atoms with van der Waals surface area (Å²) >= 11 is 0. The first-order valence-electron chi connectivity index (χ1n) is 7.63. The van der Waals surface area contributed by atoms with Gasteiger partial charge in [0.15, 0.2) is 0 Å². The number of hydrogen-bond acceptors (Lipinski definition) is 4. The highest BCUT2D eigenvalue weighted by atomic mass is 16.6. The van der Waals surface area contributed by atoms with E-state index in [1.807, 2.05) is 30.3 Å². The second-order valence-electron chi connectivity index (χ2n) is 6.64. The highest BCUT2D eigenvalue weighted by Gasteiger charge is 2.40. The maximum atomic E-state index is 12.4. The highest BCUT2D eigenvalue weighted by molar-refractivity contribution is 5.70. The lowest BCUT2D eigenvalue weighted by Gasteiger charge is -2.28. The van der Waals surface area contributed by atoms with Crippen LogP contribution in [0, 0.1) is 0 Å². The van der Waals surface area contributed by atoms with Gasteiger partial charge in [-0.25, -0.2) is 4.79 Å². The lowest BCUT2D eigenvalue weighted by molar-refractivity contribution is -0.139. The summed E-state index contributed by atoms with van der Waals surface area (Å²) in [7, 11) is 0. The van der Waals surface area contributed by atoms with Crippen molar-refractivity contribution in [3.8, 4) is 0 Å². The molecule has 2 rings (SSSR count). The van der Waals surface area contributed by atoms with Crippen molar-refractivity contribution in [3.05, 3.63) is 35.9 Å².